The van der Waals surface area contributed by atoms with Gasteiger partial charge in [0.2, 0.25) is 5.79 Å². The van der Waals surface area contributed by atoms with E-state index in [4.69, 9.17) is 35.3 Å². The molecule has 0 spiro atoms. The average Bonchev–Trinajstić information content (AvgIpc) is 3.06. The molecular weight excluding hydrogens is 600 g/mol. The molecule has 1 aliphatic rings. The third-order valence-corrected chi connectivity index (χ3v) is 9.04. The van der Waals surface area contributed by atoms with Crippen molar-refractivity contribution in [1.82, 2.24) is 0 Å². The van der Waals surface area contributed by atoms with E-state index < -0.39 is 30.2 Å². The monoisotopic (exact) mass is 658 g/mol. The molecule has 1 saturated heterocycles. The van der Waals surface area contributed by atoms with Gasteiger partial charge in [-0.1, -0.05) is 109 Å². The van der Waals surface area contributed by atoms with Gasteiger partial charge in [0.05, 0.1) is 6.61 Å². The maximum Gasteiger partial charge on any atom is 0.223 e. The van der Waals surface area contributed by atoms with Gasteiger partial charge >= 0.3 is 0 Å². The van der Waals surface area contributed by atoms with Gasteiger partial charge in [-0.2, -0.15) is 0 Å². The van der Waals surface area contributed by atoms with Crippen molar-refractivity contribution in [2.75, 3.05) is 33.0 Å². The molecule has 0 aromatic heterocycles. The summed E-state index contributed by atoms with van der Waals surface area (Å²) in [7, 11) is 0. The van der Waals surface area contributed by atoms with E-state index in [9.17, 15) is 5.11 Å². The summed E-state index contributed by atoms with van der Waals surface area (Å²) in [4.78, 5) is 0. The fraction of sp³-hybridized carbons (Fsp3) is 0.641. The van der Waals surface area contributed by atoms with Crippen LogP contribution >= 0.6 is 11.6 Å². The molecule has 2 aromatic rings. The van der Waals surface area contributed by atoms with Crippen LogP contribution in [0.15, 0.2) is 43.0 Å². The summed E-state index contributed by atoms with van der Waals surface area (Å²) < 4.78 is 32.7. The third kappa shape index (κ3) is 10.6. The Labute approximate surface area is 283 Å². The first-order valence-electron chi connectivity index (χ1n) is 17.7. The zero-order chi connectivity index (χ0) is 33.4. The molecule has 0 aliphatic carbocycles. The normalized spacial score (nSPS) is 23.1. The second kappa shape index (κ2) is 20.6. The molecule has 1 aliphatic heterocycles. The minimum atomic E-state index is -1.87. The first kappa shape index (κ1) is 38.7. The van der Waals surface area contributed by atoms with Crippen molar-refractivity contribution < 1.29 is 28.8 Å². The molecule has 1 fully saturated rings. The summed E-state index contributed by atoms with van der Waals surface area (Å²) in [6, 6.07) is 12.4. The van der Waals surface area contributed by atoms with E-state index in [0.29, 0.717) is 49.0 Å². The average molecular weight is 659 g/mol. The van der Waals surface area contributed by atoms with Crippen molar-refractivity contribution in [2.24, 2.45) is 0 Å². The number of benzene rings is 2. The lowest BCUT2D eigenvalue weighted by Gasteiger charge is -2.51. The summed E-state index contributed by atoms with van der Waals surface area (Å²) in [5.41, 5.74) is 4.55. The van der Waals surface area contributed by atoms with Crippen LogP contribution in [0, 0.1) is 0 Å². The van der Waals surface area contributed by atoms with Crippen LogP contribution in [-0.4, -0.2) is 62.6 Å². The van der Waals surface area contributed by atoms with E-state index in [2.05, 4.69) is 65.5 Å². The van der Waals surface area contributed by atoms with E-state index in [1.807, 2.05) is 12.1 Å². The fourth-order valence-electron chi connectivity index (χ4n) is 5.80. The zero-order valence-corrected chi connectivity index (χ0v) is 29.8. The molecule has 5 atom stereocenters. The van der Waals surface area contributed by atoms with Crippen molar-refractivity contribution in [1.29, 1.82) is 0 Å². The van der Waals surface area contributed by atoms with Crippen LogP contribution in [0.5, 0.6) is 0 Å². The summed E-state index contributed by atoms with van der Waals surface area (Å²) >= 11 is 6.88. The molecule has 7 heteroatoms. The van der Waals surface area contributed by atoms with Gasteiger partial charge in [-0.05, 0) is 72.9 Å². The quantitative estimate of drug-likeness (QED) is 0.127. The Morgan fingerprint density at radius 1 is 0.804 bits per heavy atom. The first-order chi connectivity index (χ1) is 22.4. The van der Waals surface area contributed by atoms with Gasteiger partial charge in [0.15, 0.2) is 0 Å². The predicted octanol–water partition coefficient (Wildman–Crippen LogP) is 9.05. The molecule has 0 radical (unpaired) electrons. The highest BCUT2D eigenvalue weighted by Gasteiger charge is 2.57. The molecule has 258 valence electrons. The number of aryl methyl sites for hydroxylation is 1. The Bertz CT molecular complexity index is 1150. The van der Waals surface area contributed by atoms with Gasteiger partial charge in [-0.3, -0.25) is 0 Å². The van der Waals surface area contributed by atoms with Crippen LogP contribution in [0.3, 0.4) is 0 Å². The molecule has 46 heavy (non-hydrogen) atoms. The molecule has 0 bridgehead atoms. The van der Waals surface area contributed by atoms with Crippen LogP contribution in [0.2, 0.25) is 5.02 Å². The van der Waals surface area contributed by atoms with Gasteiger partial charge in [-0.25, -0.2) is 0 Å². The summed E-state index contributed by atoms with van der Waals surface area (Å²) in [6.45, 7) is 17.2. The first-order valence-corrected chi connectivity index (χ1v) is 18.1. The lowest BCUT2D eigenvalue weighted by Crippen LogP contribution is -2.66. The van der Waals surface area contributed by atoms with E-state index >= 15 is 0 Å². The molecule has 2 aromatic carbocycles. The van der Waals surface area contributed by atoms with Crippen molar-refractivity contribution in [2.45, 2.75) is 129 Å². The van der Waals surface area contributed by atoms with E-state index in [1.54, 1.807) is 6.08 Å². The van der Waals surface area contributed by atoms with Gasteiger partial charge in [0.25, 0.3) is 0 Å². The standard InChI is InChI=1S/C39H59ClO6/c1-7-13-21-42-28-35-36(43-22-14-8-2)37(44-23-15-9-3)38(45-24-16-10-4)39(41,46-35)33-26-32(34(40)27-31(33)12-6)25-30-19-17-29(11-5)18-20-30/h12,17-20,26-27,35-38,41H,6-11,13-16,21-25,28H2,1-5H3/t35-,36-,37+,38-,39?/m1/s1. The van der Waals surface area contributed by atoms with E-state index in [1.165, 1.54) is 5.56 Å². The van der Waals surface area contributed by atoms with Crippen LogP contribution in [-0.2, 0) is 42.3 Å². The second-order valence-electron chi connectivity index (χ2n) is 12.4. The maximum absolute atomic E-state index is 12.9. The molecule has 1 N–H and O–H groups in total. The Kier molecular flexibility index (Phi) is 17.3. The number of ether oxygens (including phenoxy) is 5. The zero-order valence-electron chi connectivity index (χ0n) is 29.0. The Morgan fingerprint density at radius 3 is 1.96 bits per heavy atom. The van der Waals surface area contributed by atoms with Gasteiger partial charge in [-0.15, -0.1) is 0 Å². The van der Waals surface area contributed by atoms with Crippen molar-refractivity contribution in [3.8, 4) is 0 Å². The molecular formula is C39H59ClO6. The number of unbranched alkanes of at least 4 members (excludes halogenated alkanes) is 4. The number of halogens is 1. The number of hydrogen-bond acceptors (Lipinski definition) is 6. The van der Waals surface area contributed by atoms with Gasteiger partial charge in [0, 0.05) is 37.0 Å². The molecule has 6 nitrogen and oxygen atoms in total. The fourth-order valence-corrected chi connectivity index (χ4v) is 6.04. The largest absolute Gasteiger partial charge is 0.379 e. The Balaban J connectivity index is 2.14. The van der Waals surface area contributed by atoms with Crippen LogP contribution < -0.4 is 0 Å². The SMILES string of the molecule is C=Cc1cc(Cl)c(Cc2ccc(CC)cc2)cc1C1(O)O[C@H](COCCCC)[C@@H](OCCCC)[C@H](OCCCC)[C@H]1OCCCC. The minimum absolute atomic E-state index is 0.266. The van der Waals surface area contributed by atoms with Crippen molar-refractivity contribution in [3.63, 3.8) is 0 Å². The highest BCUT2D eigenvalue weighted by molar-refractivity contribution is 6.31. The van der Waals surface area contributed by atoms with Crippen LogP contribution in [0.25, 0.3) is 6.08 Å². The summed E-state index contributed by atoms with van der Waals surface area (Å²) in [5, 5.41) is 13.5. The molecule has 3 rings (SSSR count). The van der Waals surface area contributed by atoms with Crippen LogP contribution in [0.4, 0.5) is 0 Å². The second-order valence-corrected chi connectivity index (χ2v) is 12.8. The Hall–Kier alpha value is -1.77. The lowest BCUT2D eigenvalue weighted by molar-refractivity contribution is -0.375. The molecule has 0 amide bonds. The van der Waals surface area contributed by atoms with Gasteiger partial charge in [0.1, 0.15) is 24.4 Å². The smallest absolute Gasteiger partial charge is 0.223 e. The number of aliphatic hydroxyl groups is 1. The summed E-state index contributed by atoms with van der Waals surface area (Å²) in [5.74, 6) is -1.87. The van der Waals surface area contributed by atoms with Crippen molar-refractivity contribution >= 4 is 17.7 Å². The lowest BCUT2D eigenvalue weighted by atomic mass is 9.84. The molecule has 0 saturated carbocycles. The van der Waals surface area contributed by atoms with Crippen molar-refractivity contribution in [3.05, 3.63) is 75.8 Å². The highest BCUT2D eigenvalue weighted by Crippen LogP contribution is 2.43. The topological polar surface area (TPSA) is 66.4 Å². The maximum atomic E-state index is 12.9. The Morgan fingerprint density at radius 2 is 1.37 bits per heavy atom. The third-order valence-electron chi connectivity index (χ3n) is 8.69. The van der Waals surface area contributed by atoms with E-state index in [0.717, 1.165) is 68.9 Å². The number of rotatable bonds is 22. The molecule has 1 heterocycles. The number of hydrogen-bond donors (Lipinski definition) is 1. The highest BCUT2D eigenvalue weighted by atomic mass is 35.5. The molecule has 1 unspecified atom stereocenters. The summed E-state index contributed by atoms with van der Waals surface area (Å²) in [6.07, 6.45) is 8.35. The predicted molar refractivity (Wildman–Crippen MR) is 189 cm³/mol. The van der Waals surface area contributed by atoms with Gasteiger partial charge < -0.3 is 28.8 Å². The van der Waals surface area contributed by atoms with Crippen LogP contribution in [0.1, 0.15) is 114 Å². The minimum Gasteiger partial charge on any atom is -0.379 e. The van der Waals surface area contributed by atoms with E-state index in [-0.39, 0.29) is 6.61 Å².